The smallest absolute Gasteiger partial charge is 0.272 e. The van der Waals surface area contributed by atoms with Gasteiger partial charge in [0.15, 0.2) is 0 Å². The summed E-state index contributed by atoms with van der Waals surface area (Å²) in [7, 11) is 1.68. The van der Waals surface area contributed by atoms with Gasteiger partial charge in [-0.05, 0) is 38.0 Å². The van der Waals surface area contributed by atoms with Crippen molar-refractivity contribution in [3.63, 3.8) is 0 Å². The van der Waals surface area contributed by atoms with Gasteiger partial charge in [0.25, 0.3) is 5.91 Å². The van der Waals surface area contributed by atoms with Gasteiger partial charge in [-0.2, -0.15) is 0 Å². The normalized spacial score (nSPS) is 14.2. The molecule has 1 amide bonds. The van der Waals surface area contributed by atoms with E-state index >= 15 is 0 Å². The number of methoxy groups -OCH3 is 1. The quantitative estimate of drug-likeness (QED) is 0.741. The number of carbonyl (C=O) groups excluding carboxylic acids is 1. The number of hydrogen-bond donors (Lipinski definition) is 1. The molecule has 2 heterocycles. The number of nitrogens with zero attached hydrogens (tertiary/aromatic N) is 4. The van der Waals surface area contributed by atoms with Crippen LogP contribution in [0.4, 0.5) is 11.5 Å². The lowest BCUT2D eigenvalue weighted by molar-refractivity contribution is 0.0740. The van der Waals surface area contributed by atoms with E-state index in [2.05, 4.69) is 51.4 Å². The van der Waals surface area contributed by atoms with Crippen molar-refractivity contribution in [1.82, 2.24) is 14.9 Å². The highest BCUT2D eigenvalue weighted by atomic mass is 16.5. The SMILES string of the molecule is COCCCNc1cc(C(=O)N2CCN(c3cccc(C)c3)CC2)nc(C)n1. The minimum Gasteiger partial charge on any atom is -0.385 e. The van der Waals surface area contributed by atoms with Gasteiger partial charge >= 0.3 is 0 Å². The summed E-state index contributed by atoms with van der Waals surface area (Å²) < 4.78 is 5.05. The largest absolute Gasteiger partial charge is 0.385 e. The number of carbonyl (C=O) groups is 1. The predicted octanol–water partition coefficient (Wildman–Crippen LogP) is 2.50. The van der Waals surface area contributed by atoms with E-state index in [1.807, 2.05) is 11.8 Å². The molecule has 1 aliphatic heterocycles. The van der Waals surface area contributed by atoms with Crippen LogP contribution in [0, 0.1) is 13.8 Å². The maximum absolute atomic E-state index is 12.9. The minimum absolute atomic E-state index is 0.0330. The third-order valence-corrected chi connectivity index (χ3v) is 4.82. The Bertz CT molecular complexity index is 803. The molecule has 150 valence electrons. The van der Waals surface area contributed by atoms with Crippen LogP contribution >= 0.6 is 0 Å². The number of anilines is 2. The Morgan fingerprint density at radius 2 is 1.93 bits per heavy atom. The second kappa shape index (κ2) is 9.50. The molecule has 0 saturated carbocycles. The third-order valence-electron chi connectivity index (χ3n) is 4.82. The summed E-state index contributed by atoms with van der Waals surface area (Å²) in [4.78, 5) is 25.9. The lowest BCUT2D eigenvalue weighted by atomic mass is 10.2. The second-order valence-electron chi connectivity index (χ2n) is 7.08. The average Bonchev–Trinajstić information content (AvgIpc) is 2.70. The van der Waals surface area contributed by atoms with Gasteiger partial charge in [0.05, 0.1) is 0 Å². The fourth-order valence-electron chi connectivity index (χ4n) is 3.36. The van der Waals surface area contributed by atoms with Crippen LogP contribution in [-0.4, -0.2) is 67.2 Å². The van der Waals surface area contributed by atoms with Gasteiger partial charge in [-0.1, -0.05) is 12.1 Å². The Kier molecular flexibility index (Phi) is 6.81. The molecule has 0 bridgehead atoms. The molecule has 2 aromatic rings. The van der Waals surface area contributed by atoms with Gasteiger partial charge in [-0.25, -0.2) is 9.97 Å². The molecule has 1 aliphatic rings. The Balaban J connectivity index is 1.60. The first-order valence-corrected chi connectivity index (χ1v) is 9.76. The molecule has 1 aromatic heterocycles. The van der Waals surface area contributed by atoms with Crippen molar-refractivity contribution in [3.05, 3.63) is 47.4 Å². The summed E-state index contributed by atoms with van der Waals surface area (Å²) in [5.74, 6) is 1.25. The minimum atomic E-state index is -0.0330. The fourth-order valence-corrected chi connectivity index (χ4v) is 3.36. The van der Waals surface area contributed by atoms with Crippen molar-refractivity contribution in [1.29, 1.82) is 0 Å². The van der Waals surface area contributed by atoms with E-state index < -0.39 is 0 Å². The van der Waals surface area contributed by atoms with Crippen molar-refractivity contribution >= 4 is 17.4 Å². The van der Waals surface area contributed by atoms with Crippen LogP contribution < -0.4 is 10.2 Å². The number of nitrogens with one attached hydrogen (secondary N) is 1. The Labute approximate surface area is 166 Å². The topological polar surface area (TPSA) is 70.6 Å². The Morgan fingerprint density at radius 1 is 1.14 bits per heavy atom. The van der Waals surface area contributed by atoms with Gasteiger partial charge in [0.2, 0.25) is 0 Å². The molecule has 0 unspecified atom stereocenters. The molecular weight excluding hydrogens is 354 g/mol. The van der Waals surface area contributed by atoms with Crippen LogP contribution in [0.2, 0.25) is 0 Å². The zero-order valence-corrected chi connectivity index (χ0v) is 16.9. The highest BCUT2D eigenvalue weighted by Gasteiger charge is 2.24. The maximum Gasteiger partial charge on any atom is 0.272 e. The summed E-state index contributed by atoms with van der Waals surface area (Å²) in [6.45, 7) is 8.36. The van der Waals surface area contributed by atoms with Crippen LogP contribution in [0.5, 0.6) is 0 Å². The molecule has 1 N–H and O–H groups in total. The lowest BCUT2D eigenvalue weighted by Gasteiger charge is -2.36. The molecule has 1 aromatic carbocycles. The zero-order chi connectivity index (χ0) is 19.9. The lowest BCUT2D eigenvalue weighted by Crippen LogP contribution is -2.49. The number of aromatic nitrogens is 2. The van der Waals surface area contributed by atoms with Crippen molar-refractivity contribution in [3.8, 4) is 0 Å². The Hall–Kier alpha value is -2.67. The molecule has 0 radical (unpaired) electrons. The number of benzene rings is 1. The van der Waals surface area contributed by atoms with Crippen molar-refractivity contribution in [2.45, 2.75) is 20.3 Å². The molecule has 1 saturated heterocycles. The molecule has 28 heavy (non-hydrogen) atoms. The molecule has 7 heteroatoms. The summed E-state index contributed by atoms with van der Waals surface area (Å²) in [5.41, 5.74) is 2.91. The maximum atomic E-state index is 12.9. The van der Waals surface area contributed by atoms with Gasteiger partial charge in [-0.15, -0.1) is 0 Å². The van der Waals surface area contributed by atoms with E-state index in [1.54, 1.807) is 13.2 Å². The number of rotatable bonds is 7. The highest BCUT2D eigenvalue weighted by Crippen LogP contribution is 2.19. The van der Waals surface area contributed by atoms with Crippen LogP contribution in [-0.2, 0) is 4.74 Å². The van der Waals surface area contributed by atoms with Gasteiger partial charge in [0, 0.05) is 58.2 Å². The second-order valence-corrected chi connectivity index (χ2v) is 7.08. The van der Waals surface area contributed by atoms with E-state index in [-0.39, 0.29) is 5.91 Å². The number of piperazine rings is 1. The monoisotopic (exact) mass is 383 g/mol. The van der Waals surface area contributed by atoms with Crippen molar-refractivity contribution in [2.24, 2.45) is 0 Å². The standard InChI is InChI=1S/C21H29N5O2/c1-16-6-4-7-18(14-16)25-9-11-26(12-10-25)21(27)19-15-20(24-17(2)23-19)22-8-5-13-28-3/h4,6-7,14-15H,5,8-13H2,1-3H3,(H,22,23,24). The molecule has 0 aliphatic carbocycles. The summed E-state index contributed by atoms with van der Waals surface area (Å²) in [5, 5.41) is 3.24. The Morgan fingerprint density at radius 3 is 2.64 bits per heavy atom. The van der Waals surface area contributed by atoms with Gasteiger partial charge < -0.3 is 19.9 Å². The molecule has 7 nitrogen and oxygen atoms in total. The first kappa shape index (κ1) is 20.1. The van der Waals surface area contributed by atoms with E-state index in [0.29, 0.717) is 37.0 Å². The zero-order valence-electron chi connectivity index (χ0n) is 16.9. The third kappa shape index (κ3) is 5.19. The highest BCUT2D eigenvalue weighted by molar-refractivity contribution is 5.93. The van der Waals surface area contributed by atoms with Crippen molar-refractivity contribution < 1.29 is 9.53 Å². The fraction of sp³-hybridized carbons (Fsp3) is 0.476. The van der Waals surface area contributed by atoms with Crippen molar-refractivity contribution in [2.75, 3.05) is 56.7 Å². The number of amides is 1. The van der Waals surface area contributed by atoms with Crippen LogP contribution in [0.25, 0.3) is 0 Å². The number of aryl methyl sites for hydroxylation is 2. The first-order valence-electron chi connectivity index (χ1n) is 9.76. The van der Waals surface area contributed by atoms with Crippen LogP contribution in [0.1, 0.15) is 28.3 Å². The number of hydrogen-bond acceptors (Lipinski definition) is 6. The first-order chi connectivity index (χ1) is 13.6. The van der Waals surface area contributed by atoms with Gasteiger partial charge in [-0.3, -0.25) is 4.79 Å². The average molecular weight is 383 g/mol. The predicted molar refractivity (Wildman–Crippen MR) is 111 cm³/mol. The molecule has 1 fully saturated rings. The molecule has 0 spiro atoms. The summed E-state index contributed by atoms with van der Waals surface area (Å²) in [6, 6.07) is 10.2. The molecular formula is C21H29N5O2. The van der Waals surface area contributed by atoms with E-state index in [4.69, 9.17) is 4.74 Å². The molecule has 3 rings (SSSR count). The van der Waals surface area contributed by atoms with E-state index in [1.165, 1.54) is 11.3 Å². The summed E-state index contributed by atoms with van der Waals surface area (Å²) in [6.07, 6.45) is 0.879. The van der Waals surface area contributed by atoms with Gasteiger partial charge in [0.1, 0.15) is 17.3 Å². The summed E-state index contributed by atoms with van der Waals surface area (Å²) >= 11 is 0. The molecule has 0 atom stereocenters. The van der Waals surface area contributed by atoms with Crippen LogP contribution in [0.3, 0.4) is 0 Å². The van der Waals surface area contributed by atoms with E-state index in [9.17, 15) is 4.79 Å². The van der Waals surface area contributed by atoms with Crippen LogP contribution in [0.15, 0.2) is 30.3 Å². The number of ether oxygens (including phenoxy) is 1. The van der Waals surface area contributed by atoms with E-state index in [0.717, 1.165) is 26.1 Å².